The van der Waals surface area contributed by atoms with E-state index in [2.05, 4.69) is 24.1 Å². The monoisotopic (exact) mass is 398 g/mol. The van der Waals surface area contributed by atoms with E-state index in [4.69, 9.17) is 0 Å². The molecule has 150 valence electrons. The minimum absolute atomic E-state index is 0.160. The lowest BCUT2D eigenvalue weighted by atomic mass is 9.98. The van der Waals surface area contributed by atoms with E-state index in [0.717, 1.165) is 12.5 Å². The van der Waals surface area contributed by atoms with Gasteiger partial charge in [-0.3, -0.25) is 9.78 Å². The van der Waals surface area contributed by atoms with Crippen LogP contribution in [0.2, 0.25) is 0 Å². The number of hydrogen-bond donors (Lipinski definition) is 1. The molecule has 29 heavy (non-hydrogen) atoms. The molecule has 3 aromatic rings. The molecule has 0 radical (unpaired) electrons. The molecule has 6 heteroatoms. The smallest absolute Gasteiger partial charge is 0.322 e. The van der Waals surface area contributed by atoms with Gasteiger partial charge in [0.2, 0.25) is 0 Å². The standard InChI is InChI=1S/C23H21F3N2O/c1-3-15(2)16-10-12-19(13-11-16)28-22(29)18-8-6-17(7-9-18)21-20(23(24,25)26)5-4-14-27-21/h4-15H,3H2,1-2H3,(H,28,29). The summed E-state index contributed by atoms with van der Waals surface area (Å²) in [5.74, 6) is 0.116. The molecule has 0 saturated heterocycles. The van der Waals surface area contributed by atoms with Gasteiger partial charge in [-0.15, -0.1) is 0 Å². The average molecular weight is 398 g/mol. The van der Waals surface area contributed by atoms with E-state index in [0.29, 0.717) is 22.7 Å². The fourth-order valence-corrected chi connectivity index (χ4v) is 2.98. The van der Waals surface area contributed by atoms with Crippen LogP contribution in [0.3, 0.4) is 0 Å². The number of carbonyl (C=O) groups excluding carboxylic acids is 1. The maximum absolute atomic E-state index is 13.2. The molecule has 1 heterocycles. The van der Waals surface area contributed by atoms with E-state index in [1.54, 1.807) is 0 Å². The number of benzene rings is 2. The molecule has 0 aliphatic rings. The van der Waals surface area contributed by atoms with Gasteiger partial charge in [-0.2, -0.15) is 13.2 Å². The number of anilines is 1. The van der Waals surface area contributed by atoms with Crippen LogP contribution in [0.1, 0.15) is 47.7 Å². The van der Waals surface area contributed by atoms with Crippen LogP contribution in [0.15, 0.2) is 66.9 Å². The summed E-state index contributed by atoms with van der Waals surface area (Å²) < 4.78 is 39.5. The van der Waals surface area contributed by atoms with Crippen LogP contribution in [0.5, 0.6) is 0 Å². The highest BCUT2D eigenvalue weighted by atomic mass is 19.4. The molecule has 3 nitrogen and oxygen atoms in total. The molecule has 0 aliphatic carbocycles. The summed E-state index contributed by atoms with van der Waals surface area (Å²) in [6, 6.07) is 15.8. The third kappa shape index (κ3) is 4.83. The van der Waals surface area contributed by atoms with Crippen molar-refractivity contribution < 1.29 is 18.0 Å². The second kappa shape index (κ2) is 8.47. The van der Waals surface area contributed by atoms with E-state index in [-0.39, 0.29) is 11.6 Å². The molecule has 1 amide bonds. The van der Waals surface area contributed by atoms with Crippen molar-refractivity contribution in [2.45, 2.75) is 32.4 Å². The minimum Gasteiger partial charge on any atom is -0.322 e. The van der Waals surface area contributed by atoms with Gasteiger partial charge in [0.1, 0.15) is 0 Å². The Morgan fingerprint density at radius 1 is 1.03 bits per heavy atom. The number of aromatic nitrogens is 1. The normalized spacial score (nSPS) is 12.4. The van der Waals surface area contributed by atoms with Gasteiger partial charge in [0.25, 0.3) is 5.91 Å². The van der Waals surface area contributed by atoms with Gasteiger partial charge < -0.3 is 5.32 Å². The second-order valence-corrected chi connectivity index (χ2v) is 6.86. The van der Waals surface area contributed by atoms with Gasteiger partial charge >= 0.3 is 6.18 Å². The molecule has 3 rings (SSSR count). The van der Waals surface area contributed by atoms with Gasteiger partial charge in [0.15, 0.2) is 0 Å². The Morgan fingerprint density at radius 2 is 1.69 bits per heavy atom. The van der Waals surface area contributed by atoms with Crippen molar-refractivity contribution in [2.24, 2.45) is 0 Å². The average Bonchev–Trinajstić information content (AvgIpc) is 2.73. The van der Waals surface area contributed by atoms with Crippen LogP contribution in [0.25, 0.3) is 11.3 Å². The number of nitrogens with one attached hydrogen (secondary N) is 1. The Morgan fingerprint density at radius 3 is 2.28 bits per heavy atom. The van der Waals surface area contributed by atoms with E-state index in [1.807, 2.05) is 24.3 Å². The number of carbonyl (C=O) groups is 1. The molecule has 1 atom stereocenters. The molecule has 1 aromatic heterocycles. The predicted octanol–water partition coefficient (Wildman–Crippen LogP) is 6.53. The quantitative estimate of drug-likeness (QED) is 0.531. The number of alkyl halides is 3. The maximum Gasteiger partial charge on any atom is 0.418 e. The van der Waals surface area contributed by atoms with E-state index < -0.39 is 11.7 Å². The molecule has 0 aliphatic heterocycles. The largest absolute Gasteiger partial charge is 0.418 e. The van der Waals surface area contributed by atoms with Crippen LogP contribution in [0.4, 0.5) is 18.9 Å². The Kier molecular flexibility index (Phi) is 6.01. The molecule has 0 spiro atoms. The highest BCUT2D eigenvalue weighted by Crippen LogP contribution is 2.35. The summed E-state index contributed by atoms with van der Waals surface area (Å²) in [5.41, 5.74) is 1.55. The summed E-state index contributed by atoms with van der Waals surface area (Å²) >= 11 is 0. The summed E-state index contributed by atoms with van der Waals surface area (Å²) in [5, 5.41) is 2.80. The predicted molar refractivity (Wildman–Crippen MR) is 108 cm³/mol. The molecule has 1 unspecified atom stereocenters. The van der Waals surface area contributed by atoms with E-state index in [9.17, 15) is 18.0 Å². The zero-order chi connectivity index (χ0) is 21.0. The first kappa shape index (κ1) is 20.6. The lowest BCUT2D eigenvalue weighted by Gasteiger charge is -2.12. The van der Waals surface area contributed by atoms with Crippen molar-refractivity contribution in [1.29, 1.82) is 0 Å². The molecule has 2 aromatic carbocycles. The summed E-state index contributed by atoms with van der Waals surface area (Å²) in [7, 11) is 0. The first-order valence-corrected chi connectivity index (χ1v) is 9.33. The minimum atomic E-state index is -4.50. The van der Waals surface area contributed by atoms with Crippen LogP contribution >= 0.6 is 0 Å². The van der Waals surface area contributed by atoms with Crippen molar-refractivity contribution in [3.05, 3.63) is 83.6 Å². The number of rotatable bonds is 5. The highest BCUT2D eigenvalue weighted by molar-refractivity contribution is 6.04. The van der Waals surface area contributed by atoms with Crippen LogP contribution in [0, 0.1) is 0 Å². The summed E-state index contributed by atoms with van der Waals surface area (Å²) in [4.78, 5) is 16.3. The lowest BCUT2D eigenvalue weighted by Crippen LogP contribution is -2.12. The zero-order valence-corrected chi connectivity index (χ0v) is 16.1. The third-order valence-electron chi connectivity index (χ3n) is 4.88. The molecule has 0 fully saturated rings. The number of hydrogen-bond acceptors (Lipinski definition) is 2. The van der Waals surface area contributed by atoms with Crippen molar-refractivity contribution in [3.63, 3.8) is 0 Å². The number of halogens is 3. The second-order valence-electron chi connectivity index (χ2n) is 6.86. The number of nitrogens with zero attached hydrogens (tertiary/aromatic N) is 1. The Bertz CT molecular complexity index is 980. The van der Waals surface area contributed by atoms with Gasteiger partial charge in [0.05, 0.1) is 11.3 Å². The van der Waals surface area contributed by atoms with Gasteiger partial charge in [-0.25, -0.2) is 0 Å². The Balaban J connectivity index is 1.76. The van der Waals surface area contributed by atoms with Crippen LogP contribution < -0.4 is 5.32 Å². The third-order valence-corrected chi connectivity index (χ3v) is 4.88. The zero-order valence-electron chi connectivity index (χ0n) is 16.1. The maximum atomic E-state index is 13.2. The Hall–Kier alpha value is -3.15. The highest BCUT2D eigenvalue weighted by Gasteiger charge is 2.34. The lowest BCUT2D eigenvalue weighted by molar-refractivity contribution is -0.137. The van der Waals surface area contributed by atoms with Gasteiger partial charge in [-0.1, -0.05) is 38.1 Å². The first-order chi connectivity index (χ1) is 13.8. The van der Waals surface area contributed by atoms with E-state index >= 15 is 0 Å². The fraction of sp³-hybridized carbons (Fsp3) is 0.217. The fourth-order valence-electron chi connectivity index (χ4n) is 2.98. The van der Waals surface area contributed by atoms with Crippen LogP contribution in [-0.4, -0.2) is 10.9 Å². The molecular formula is C23H21F3N2O. The topological polar surface area (TPSA) is 42.0 Å². The molecule has 0 bridgehead atoms. The van der Waals surface area contributed by atoms with Crippen molar-refractivity contribution in [3.8, 4) is 11.3 Å². The summed E-state index contributed by atoms with van der Waals surface area (Å²) in [6.45, 7) is 4.26. The Labute approximate surface area is 167 Å². The SMILES string of the molecule is CCC(C)c1ccc(NC(=O)c2ccc(-c3ncccc3C(F)(F)F)cc2)cc1. The first-order valence-electron chi connectivity index (χ1n) is 9.33. The molecule has 1 N–H and O–H groups in total. The van der Waals surface area contributed by atoms with Gasteiger partial charge in [-0.05, 0) is 54.3 Å². The van der Waals surface area contributed by atoms with Gasteiger partial charge in [0, 0.05) is 23.0 Å². The molecular weight excluding hydrogens is 377 g/mol. The number of amides is 1. The molecule has 0 saturated carbocycles. The number of pyridine rings is 1. The van der Waals surface area contributed by atoms with E-state index in [1.165, 1.54) is 42.1 Å². The van der Waals surface area contributed by atoms with Crippen molar-refractivity contribution >= 4 is 11.6 Å². The van der Waals surface area contributed by atoms with Crippen LogP contribution in [-0.2, 0) is 6.18 Å². The van der Waals surface area contributed by atoms with Crippen molar-refractivity contribution in [2.75, 3.05) is 5.32 Å². The van der Waals surface area contributed by atoms with Crippen molar-refractivity contribution in [1.82, 2.24) is 4.98 Å². The summed E-state index contributed by atoms with van der Waals surface area (Å²) in [6.07, 6.45) is -2.15.